The highest BCUT2D eigenvalue weighted by molar-refractivity contribution is 6.04. The van der Waals surface area contributed by atoms with Crippen LogP contribution in [0.25, 0.3) is 10.8 Å². The number of anilines is 2. The van der Waals surface area contributed by atoms with Gasteiger partial charge in [0, 0.05) is 18.7 Å². The lowest BCUT2D eigenvalue weighted by molar-refractivity contribution is -0.122. The van der Waals surface area contributed by atoms with Crippen molar-refractivity contribution in [3.05, 3.63) is 66.7 Å². The van der Waals surface area contributed by atoms with Gasteiger partial charge in [-0.25, -0.2) is 0 Å². The van der Waals surface area contributed by atoms with Gasteiger partial charge in [0.25, 0.3) is 0 Å². The van der Waals surface area contributed by atoms with Gasteiger partial charge in [0.1, 0.15) is 5.75 Å². The van der Waals surface area contributed by atoms with E-state index in [0.717, 1.165) is 16.5 Å². The molecule has 1 fully saturated rings. The lowest BCUT2D eigenvalue weighted by Gasteiger charge is -2.19. The molecular formula is C22H20N2O3. The van der Waals surface area contributed by atoms with Crippen molar-refractivity contribution in [1.82, 2.24) is 0 Å². The average Bonchev–Trinajstić information content (AvgIpc) is 3.09. The van der Waals surface area contributed by atoms with E-state index in [9.17, 15) is 9.59 Å². The van der Waals surface area contributed by atoms with Gasteiger partial charge in [-0.15, -0.1) is 0 Å². The van der Waals surface area contributed by atoms with E-state index in [-0.39, 0.29) is 18.2 Å². The van der Waals surface area contributed by atoms with Crippen molar-refractivity contribution >= 4 is 34.0 Å². The summed E-state index contributed by atoms with van der Waals surface area (Å²) < 4.78 is 5.34. The third kappa shape index (κ3) is 3.36. The van der Waals surface area contributed by atoms with Gasteiger partial charge in [-0.05, 0) is 35.0 Å². The monoisotopic (exact) mass is 360 g/mol. The van der Waals surface area contributed by atoms with Gasteiger partial charge in [-0.2, -0.15) is 0 Å². The van der Waals surface area contributed by atoms with Crippen LogP contribution in [0.15, 0.2) is 66.7 Å². The predicted octanol–water partition coefficient (Wildman–Crippen LogP) is 3.84. The molecule has 0 unspecified atom stereocenters. The maximum Gasteiger partial charge on any atom is 0.229 e. The number of carbonyl (C=O) groups excluding carboxylic acids is 2. The number of ether oxygens (including phenoxy) is 1. The number of rotatable bonds is 4. The van der Waals surface area contributed by atoms with E-state index in [4.69, 9.17) is 4.74 Å². The van der Waals surface area contributed by atoms with E-state index in [2.05, 4.69) is 5.32 Å². The number of hydrogen-bond donors (Lipinski definition) is 1. The van der Waals surface area contributed by atoms with Crippen LogP contribution in [0.1, 0.15) is 6.42 Å². The number of para-hydroxylation sites is 2. The van der Waals surface area contributed by atoms with Gasteiger partial charge in [0.15, 0.2) is 0 Å². The van der Waals surface area contributed by atoms with Crippen molar-refractivity contribution in [2.24, 2.45) is 5.92 Å². The van der Waals surface area contributed by atoms with Crippen molar-refractivity contribution in [2.75, 3.05) is 23.9 Å². The van der Waals surface area contributed by atoms with Gasteiger partial charge in [-0.1, -0.05) is 42.5 Å². The Kier molecular flexibility index (Phi) is 4.50. The molecule has 0 spiro atoms. The molecule has 1 N–H and O–H groups in total. The fourth-order valence-electron chi connectivity index (χ4n) is 3.48. The van der Waals surface area contributed by atoms with Crippen LogP contribution in [0.5, 0.6) is 5.75 Å². The molecule has 0 aromatic heterocycles. The molecule has 136 valence electrons. The minimum Gasteiger partial charge on any atom is -0.495 e. The van der Waals surface area contributed by atoms with Gasteiger partial charge in [0.2, 0.25) is 11.8 Å². The number of nitrogens with one attached hydrogen (secondary N) is 1. The maximum absolute atomic E-state index is 12.7. The Morgan fingerprint density at radius 1 is 1.04 bits per heavy atom. The Labute approximate surface area is 157 Å². The Bertz CT molecular complexity index is 1020. The van der Waals surface area contributed by atoms with Gasteiger partial charge >= 0.3 is 0 Å². The molecule has 0 bridgehead atoms. The van der Waals surface area contributed by atoms with Gasteiger partial charge in [-0.3, -0.25) is 9.59 Å². The molecule has 0 aliphatic carbocycles. The van der Waals surface area contributed by atoms with Crippen molar-refractivity contribution < 1.29 is 14.3 Å². The largest absolute Gasteiger partial charge is 0.495 e. The van der Waals surface area contributed by atoms with E-state index in [1.807, 2.05) is 66.7 Å². The molecule has 0 radical (unpaired) electrons. The SMILES string of the molecule is COc1ccccc1N1C[C@H](C(=O)Nc2ccc3ccccc3c2)CC1=O. The Hall–Kier alpha value is -3.34. The second kappa shape index (κ2) is 7.11. The third-order valence-corrected chi connectivity index (χ3v) is 4.89. The highest BCUT2D eigenvalue weighted by Crippen LogP contribution is 2.33. The molecule has 1 saturated heterocycles. The van der Waals surface area contributed by atoms with Crippen LogP contribution < -0.4 is 15.0 Å². The molecular weight excluding hydrogens is 340 g/mol. The molecule has 1 atom stereocenters. The summed E-state index contributed by atoms with van der Waals surface area (Å²) >= 11 is 0. The van der Waals surface area contributed by atoms with Crippen molar-refractivity contribution in [2.45, 2.75) is 6.42 Å². The Morgan fingerprint density at radius 2 is 1.78 bits per heavy atom. The molecule has 27 heavy (non-hydrogen) atoms. The summed E-state index contributed by atoms with van der Waals surface area (Å²) in [5, 5.41) is 5.13. The van der Waals surface area contributed by atoms with Crippen LogP contribution in [-0.2, 0) is 9.59 Å². The summed E-state index contributed by atoms with van der Waals surface area (Å²) in [5.41, 5.74) is 1.44. The Morgan fingerprint density at radius 3 is 2.59 bits per heavy atom. The van der Waals surface area contributed by atoms with Crippen molar-refractivity contribution in [3.8, 4) is 5.75 Å². The van der Waals surface area contributed by atoms with Crippen molar-refractivity contribution in [3.63, 3.8) is 0 Å². The zero-order valence-corrected chi connectivity index (χ0v) is 15.0. The van der Waals surface area contributed by atoms with Crippen molar-refractivity contribution in [1.29, 1.82) is 0 Å². The third-order valence-electron chi connectivity index (χ3n) is 4.89. The summed E-state index contributed by atoms with van der Waals surface area (Å²) in [5.74, 6) is 0.0181. The number of fused-ring (bicyclic) bond motifs is 1. The number of hydrogen-bond acceptors (Lipinski definition) is 3. The summed E-state index contributed by atoms with van der Waals surface area (Å²) in [7, 11) is 1.57. The number of carbonyl (C=O) groups is 2. The van der Waals surface area contributed by atoms with Crippen LogP contribution in [-0.4, -0.2) is 25.5 Å². The van der Waals surface area contributed by atoms with E-state index in [1.54, 1.807) is 12.0 Å². The van der Waals surface area contributed by atoms with E-state index >= 15 is 0 Å². The fraction of sp³-hybridized carbons (Fsp3) is 0.182. The number of nitrogens with zero attached hydrogens (tertiary/aromatic N) is 1. The highest BCUT2D eigenvalue weighted by Gasteiger charge is 2.36. The zero-order valence-electron chi connectivity index (χ0n) is 15.0. The zero-order chi connectivity index (χ0) is 18.8. The quantitative estimate of drug-likeness (QED) is 0.769. The second-order valence-electron chi connectivity index (χ2n) is 6.63. The van der Waals surface area contributed by atoms with Crippen LogP contribution >= 0.6 is 0 Å². The smallest absolute Gasteiger partial charge is 0.229 e. The van der Waals surface area contributed by atoms with E-state index in [0.29, 0.717) is 18.0 Å². The predicted molar refractivity (Wildman–Crippen MR) is 106 cm³/mol. The summed E-state index contributed by atoms with van der Waals surface area (Å²) in [4.78, 5) is 26.8. The standard InChI is InChI=1S/C22H20N2O3/c1-27-20-9-5-4-8-19(20)24-14-17(13-21(24)25)22(26)23-18-11-10-15-6-2-3-7-16(15)12-18/h2-12,17H,13-14H2,1H3,(H,23,26)/t17-/m1/s1. The van der Waals surface area contributed by atoms with Crippen LogP contribution in [0.3, 0.4) is 0 Å². The highest BCUT2D eigenvalue weighted by atomic mass is 16.5. The first kappa shape index (κ1) is 17.1. The van der Waals surface area contributed by atoms with Gasteiger partial charge < -0.3 is 15.0 Å². The molecule has 1 aliphatic rings. The van der Waals surface area contributed by atoms with Gasteiger partial charge in [0.05, 0.1) is 18.7 Å². The van der Waals surface area contributed by atoms with E-state index < -0.39 is 5.92 Å². The number of amides is 2. The first-order valence-electron chi connectivity index (χ1n) is 8.89. The first-order valence-corrected chi connectivity index (χ1v) is 8.89. The second-order valence-corrected chi connectivity index (χ2v) is 6.63. The molecule has 0 saturated carbocycles. The number of benzene rings is 3. The maximum atomic E-state index is 12.7. The van der Waals surface area contributed by atoms with E-state index in [1.165, 1.54) is 0 Å². The average molecular weight is 360 g/mol. The molecule has 5 heteroatoms. The summed E-state index contributed by atoms with van der Waals surface area (Å²) in [6.45, 7) is 0.346. The molecule has 4 rings (SSSR count). The topological polar surface area (TPSA) is 58.6 Å². The van der Waals surface area contributed by atoms with Crippen LogP contribution in [0.2, 0.25) is 0 Å². The molecule has 3 aromatic rings. The lowest BCUT2D eigenvalue weighted by atomic mass is 10.1. The van der Waals surface area contributed by atoms with Crippen LogP contribution in [0.4, 0.5) is 11.4 Å². The molecule has 2 amide bonds. The molecule has 5 nitrogen and oxygen atoms in total. The van der Waals surface area contributed by atoms with Crippen LogP contribution in [0, 0.1) is 5.92 Å². The first-order chi connectivity index (χ1) is 13.2. The summed E-state index contributed by atoms with van der Waals surface area (Å²) in [6, 6.07) is 21.1. The minimum absolute atomic E-state index is 0.0711. The lowest BCUT2D eigenvalue weighted by Crippen LogP contribution is -2.28. The normalized spacial score (nSPS) is 16.6. The molecule has 1 aliphatic heterocycles. The Balaban J connectivity index is 1.50. The molecule has 3 aromatic carbocycles. The minimum atomic E-state index is -0.395. The molecule has 1 heterocycles. The number of methoxy groups -OCH3 is 1. The summed E-state index contributed by atoms with van der Waals surface area (Å²) in [6.07, 6.45) is 0.192. The fourth-order valence-corrected chi connectivity index (χ4v) is 3.48.